The Morgan fingerprint density at radius 1 is 0.649 bits per heavy atom. The lowest BCUT2D eigenvalue weighted by Gasteiger charge is -2.52. The first-order valence-electron chi connectivity index (χ1n) is 10.4. The molecule has 3 nitrogen and oxygen atoms in total. The van der Waals surface area contributed by atoms with Gasteiger partial charge in [-0.1, -0.05) is 98.9 Å². The van der Waals surface area contributed by atoms with Crippen molar-refractivity contribution in [3.05, 3.63) is 49.0 Å². The summed E-state index contributed by atoms with van der Waals surface area (Å²) in [6, 6.07) is 2.78. The Labute approximate surface area is 272 Å². The van der Waals surface area contributed by atoms with Gasteiger partial charge in [0.15, 0.2) is 8.67 Å². The van der Waals surface area contributed by atoms with Crippen molar-refractivity contribution < 1.29 is 13.0 Å². The number of alkyl halides is 8. The molecule has 16 heteroatoms. The molecule has 1 aromatic carbocycles. The van der Waals surface area contributed by atoms with Crippen molar-refractivity contribution in [2.24, 2.45) is 11.8 Å². The lowest BCUT2D eigenvalue weighted by Crippen LogP contribution is -2.53. The van der Waals surface area contributed by atoms with Gasteiger partial charge in [-0.25, -0.2) is 0 Å². The third-order valence-corrected chi connectivity index (χ3v) is 18.2. The predicted octanol–water partition coefficient (Wildman–Crippen LogP) is 9.35. The fraction of sp³-hybridized carbons (Fsp3) is 0.524. The fourth-order valence-electron chi connectivity index (χ4n) is 7.32. The average molecular weight is 768 g/mol. The molecule has 5 aliphatic carbocycles. The molecule has 4 bridgehead atoms. The first-order valence-corrected chi connectivity index (χ1v) is 16.4. The van der Waals surface area contributed by atoms with E-state index in [-0.39, 0.29) is 36.2 Å². The molecular formula is C21H10Cl12O3S. The van der Waals surface area contributed by atoms with Crippen molar-refractivity contribution in [3.63, 3.8) is 0 Å². The highest BCUT2D eigenvalue weighted by molar-refractivity contribution is 7.85. The van der Waals surface area contributed by atoms with Gasteiger partial charge < -0.3 is 0 Å². The highest BCUT2D eigenvalue weighted by Gasteiger charge is 2.91. The van der Waals surface area contributed by atoms with E-state index < -0.39 is 62.0 Å². The number of benzene rings is 1. The molecule has 37 heavy (non-hydrogen) atoms. The number of fused-ring (bicyclic) bond motifs is 14. The van der Waals surface area contributed by atoms with E-state index in [1.807, 2.05) is 0 Å². The van der Waals surface area contributed by atoms with E-state index in [2.05, 4.69) is 0 Å². The molecule has 2 saturated carbocycles. The van der Waals surface area contributed by atoms with E-state index in [0.717, 1.165) is 0 Å². The summed E-state index contributed by atoms with van der Waals surface area (Å²) in [6.07, 6.45) is 0. The minimum Gasteiger partial charge on any atom is -0.282 e. The Hall–Kier alpha value is 2.09. The predicted molar refractivity (Wildman–Crippen MR) is 154 cm³/mol. The second-order valence-electron chi connectivity index (χ2n) is 9.98. The summed E-state index contributed by atoms with van der Waals surface area (Å²) < 4.78 is 30.5. The van der Waals surface area contributed by atoms with Crippen molar-refractivity contribution in [2.75, 3.05) is 0 Å². The van der Waals surface area contributed by atoms with Gasteiger partial charge in [0.25, 0.3) is 10.1 Å². The minimum atomic E-state index is -4.68. The standard InChI is InChI=1S/C21H10Cl12O3S/c1-4-2-5-6(3-7(4)37(34,35)36)9-11(19(29)15(25)13(23)17(9,27)21(19,32)33)10-8(5)16(26)12(22)14(24)18(10,28)20(16,30)31/h2-3,8-11H,1H3,(H,34,35,36)/t8-,9+,10+,11+,16+,17+,18+,19+/m1/s1. The van der Waals surface area contributed by atoms with Gasteiger partial charge in [0.2, 0.25) is 0 Å². The van der Waals surface area contributed by atoms with Crippen LogP contribution in [0.25, 0.3) is 0 Å². The number of aryl methyl sites for hydroxylation is 1. The van der Waals surface area contributed by atoms with E-state index in [1.165, 1.54) is 19.1 Å². The van der Waals surface area contributed by atoms with Crippen LogP contribution in [0, 0.1) is 18.8 Å². The van der Waals surface area contributed by atoms with Crippen molar-refractivity contribution in [2.45, 2.75) is 51.8 Å². The van der Waals surface area contributed by atoms with Crippen molar-refractivity contribution in [1.29, 1.82) is 0 Å². The Balaban J connectivity index is 1.82. The van der Waals surface area contributed by atoms with E-state index in [1.54, 1.807) is 0 Å². The molecule has 2 fully saturated rings. The molecule has 8 atom stereocenters. The maximum absolute atomic E-state index is 12.3. The summed E-state index contributed by atoms with van der Waals surface area (Å²) in [4.78, 5) is -7.71. The maximum Gasteiger partial charge on any atom is 0.294 e. The van der Waals surface area contributed by atoms with Gasteiger partial charge >= 0.3 is 0 Å². The summed E-state index contributed by atoms with van der Waals surface area (Å²) in [5, 5.41) is -0.397. The Morgan fingerprint density at radius 3 is 1.32 bits per heavy atom. The van der Waals surface area contributed by atoms with Crippen LogP contribution in [0.3, 0.4) is 0 Å². The average Bonchev–Trinajstić information content (AvgIpc) is 3.12. The second-order valence-corrected chi connectivity index (χ2v) is 17.9. The number of rotatable bonds is 1. The van der Waals surface area contributed by atoms with Crippen LogP contribution in [0.5, 0.6) is 0 Å². The lowest BCUT2D eigenvalue weighted by atomic mass is 9.57. The smallest absolute Gasteiger partial charge is 0.282 e. The Morgan fingerprint density at radius 2 is 0.973 bits per heavy atom. The van der Waals surface area contributed by atoms with Crippen LogP contribution >= 0.6 is 139 Å². The van der Waals surface area contributed by atoms with E-state index >= 15 is 0 Å². The van der Waals surface area contributed by atoms with Gasteiger partial charge in [-0.3, -0.25) is 4.55 Å². The number of halogens is 12. The van der Waals surface area contributed by atoms with E-state index in [4.69, 9.17) is 139 Å². The van der Waals surface area contributed by atoms with Crippen LogP contribution in [-0.2, 0) is 10.1 Å². The fourth-order valence-corrected chi connectivity index (χ4v) is 14.1. The minimum absolute atomic E-state index is 0.0759. The number of hydrogen-bond donors (Lipinski definition) is 1. The van der Waals surface area contributed by atoms with Crippen LogP contribution in [-0.4, -0.2) is 41.1 Å². The number of hydrogen-bond acceptors (Lipinski definition) is 2. The largest absolute Gasteiger partial charge is 0.294 e. The van der Waals surface area contributed by atoms with Gasteiger partial charge in [-0.15, -0.1) is 46.4 Å². The van der Waals surface area contributed by atoms with Crippen LogP contribution in [0.15, 0.2) is 37.2 Å². The zero-order chi connectivity index (χ0) is 27.8. The Kier molecular flexibility index (Phi) is 6.13. The molecule has 0 unspecified atom stereocenters. The zero-order valence-electron chi connectivity index (χ0n) is 17.7. The van der Waals surface area contributed by atoms with Crippen molar-refractivity contribution in [3.8, 4) is 0 Å². The molecule has 5 aliphatic rings. The molecule has 0 spiro atoms. The summed E-state index contributed by atoms with van der Waals surface area (Å²) in [5.74, 6) is -3.81. The molecule has 0 saturated heterocycles. The summed E-state index contributed by atoms with van der Waals surface area (Å²) >= 11 is 83.3. The van der Waals surface area contributed by atoms with E-state index in [9.17, 15) is 13.0 Å². The van der Waals surface area contributed by atoms with Crippen LogP contribution < -0.4 is 0 Å². The summed E-state index contributed by atoms with van der Waals surface area (Å²) in [5.41, 5.74) is 0.924. The van der Waals surface area contributed by atoms with Gasteiger partial charge in [0, 0.05) is 23.7 Å². The van der Waals surface area contributed by atoms with Crippen molar-refractivity contribution >= 4 is 149 Å². The topological polar surface area (TPSA) is 54.4 Å². The summed E-state index contributed by atoms with van der Waals surface area (Å²) in [7, 11) is -4.68. The third-order valence-electron chi connectivity index (χ3n) is 8.70. The highest BCUT2D eigenvalue weighted by Crippen LogP contribution is 2.88. The molecule has 1 N–H and O–H groups in total. The van der Waals surface area contributed by atoms with E-state index in [0.29, 0.717) is 5.56 Å². The molecule has 202 valence electrons. The van der Waals surface area contributed by atoms with Gasteiger partial charge in [0.1, 0.15) is 19.5 Å². The molecule has 0 heterocycles. The van der Waals surface area contributed by atoms with Crippen molar-refractivity contribution in [1.82, 2.24) is 0 Å². The first-order chi connectivity index (χ1) is 16.6. The molecule has 0 aromatic heterocycles. The molecule has 6 rings (SSSR count). The molecule has 0 aliphatic heterocycles. The molecular weight excluding hydrogens is 758 g/mol. The highest BCUT2D eigenvalue weighted by atomic mass is 35.5. The lowest BCUT2D eigenvalue weighted by molar-refractivity contribution is 0.201. The SMILES string of the molecule is Cc1cc2c(cc1S(=O)(=O)O)[C@H]1[C@@H]([C@@H]3[C@@H]2[C@]2(Cl)C(Cl)=C(Cl)[C@]3(Cl)C2(Cl)Cl)[C@]2(Cl)C(Cl)=C(Cl)[C@]1(Cl)C2(Cl)Cl. The Bertz CT molecular complexity index is 1520. The summed E-state index contributed by atoms with van der Waals surface area (Å²) in [6.45, 7) is 1.49. The van der Waals surface area contributed by atoms with Crippen LogP contribution in [0.2, 0.25) is 0 Å². The van der Waals surface area contributed by atoms with Gasteiger partial charge in [-0.05, 0) is 29.7 Å². The molecule has 0 radical (unpaired) electrons. The number of allylic oxidation sites excluding steroid dienone is 4. The zero-order valence-corrected chi connectivity index (χ0v) is 27.6. The second kappa shape index (κ2) is 7.78. The van der Waals surface area contributed by atoms with Crippen LogP contribution in [0.1, 0.15) is 28.5 Å². The van der Waals surface area contributed by atoms with Crippen LogP contribution in [0.4, 0.5) is 0 Å². The molecule has 1 aromatic rings. The molecule has 0 amide bonds. The van der Waals surface area contributed by atoms with Gasteiger partial charge in [0.05, 0.1) is 25.0 Å². The quantitative estimate of drug-likeness (QED) is 0.229. The van der Waals surface area contributed by atoms with Gasteiger partial charge in [-0.2, -0.15) is 8.42 Å². The third kappa shape index (κ3) is 2.68. The first kappa shape index (κ1) is 29.2. The maximum atomic E-state index is 12.3. The monoisotopic (exact) mass is 762 g/mol. The normalized spacial score (nSPS) is 46.4.